The molecule has 1 aliphatic rings. The Bertz CT molecular complexity index is 687. The summed E-state index contributed by atoms with van der Waals surface area (Å²) < 4.78 is 0. The summed E-state index contributed by atoms with van der Waals surface area (Å²) in [4.78, 5) is 23.3. The van der Waals surface area contributed by atoms with Crippen molar-refractivity contribution in [1.29, 1.82) is 0 Å². The lowest BCUT2D eigenvalue weighted by atomic mass is 9.97. The largest absolute Gasteiger partial charge is 0.340 e. The van der Waals surface area contributed by atoms with Crippen LogP contribution in [0.4, 0.5) is 11.6 Å². The van der Waals surface area contributed by atoms with Crippen molar-refractivity contribution in [3.8, 4) is 0 Å². The number of nitrogens with one attached hydrogen (secondary N) is 1. The van der Waals surface area contributed by atoms with Crippen molar-refractivity contribution >= 4 is 17.5 Å². The minimum atomic E-state index is -0.0348. The molecule has 1 atom stereocenters. The Balaban J connectivity index is 1.69. The first-order valence-electron chi connectivity index (χ1n) is 8.03. The minimum absolute atomic E-state index is 0.0348. The molecule has 0 radical (unpaired) electrons. The number of piperidine rings is 1. The molecule has 120 valence electrons. The first-order chi connectivity index (χ1) is 11.1. The van der Waals surface area contributed by atoms with Crippen LogP contribution < -0.4 is 10.2 Å². The van der Waals surface area contributed by atoms with Crippen molar-refractivity contribution in [2.45, 2.75) is 26.7 Å². The molecule has 2 aromatic rings. The van der Waals surface area contributed by atoms with Gasteiger partial charge in [-0.25, -0.2) is 9.97 Å². The van der Waals surface area contributed by atoms with Gasteiger partial charge in [-0.2, -0.15) is 0 Å². The van der Waals surface area contributed by atoms with Gasteiger partial charge < -0.3 is 10.2 Å². The molecule has 1 amide bonds. The van der Waals surface area contributed by atoms with E-state index in [4.69, 9.17) is 0 Å². The van der Waals surface area contributed by atoms with Gasteiger partial charge in [0.15, 0.2) is 0 Å². The summed E-state index contributed by atoms with van der Waals surface area (Å²) in [6, 6.07) is 7.92. The van der Waals surface area contributed by atoms with E-state index >= 15 is 0 Å². The van der Waals surface area contributed by atoms with Crippen molar-refractivity contribution in [2.24, 2.45) is 5.92 Å². The smallest absolute Gasteiger partial charge is 0.229 e. The molecular weight excluding hydrogens is 288 g/mol. The van der Waals surface area contributed by atoms with Gasteiger partial charge in [0, 0.05) is 31.2 Å². The Kier molecular flexibility index (Phi) is 4.55. The number of hydrogen-bond donors (Lipinski definition) is 1. The molecule has 2 heterocycles. The molecule has 0 spiro atoms. The highest BCUT2D eigenvalue weighted by atomic mass is 16.1. The number of rotatable bonds is 3. The molecule has 1 fully saturated rings. The highest BCUT2D eigenvalue weighted by Gasteiger charge is 2.27. The first-order valence-corrected chi connectivity index (χ1v) is 8.03. The number of nitrogens with zero attached hydrogens (tertiary/aromatic N) is 3. The van der Waals surface area contributed by atoms with Gasteiger partial charge in [-0.15, -0.1) is 0 Å². The highest BCUT2D eigenvalue weighted by molar-refractivity contribution is 5.93. The van der Waals surface area contributed by atoms with Crippen LogP contribution in [-0.4, -0.2) is 29.0 Å². The van der Waals surface area contributed by atoms with E-state index in [1.54, 1.807) is 18.5 Å². The van der Waals surface area contributed by atoms with Crippen molar-refractivity contribution in [3.63, 3.8) is 0 Å². The van der Waals surface area contributed by atoms with E-state index in [2.05, 4.69) is 26.3 Å². The Morgan fingerprint density at radius 2 is 2.04 bits per heavy atom. The molecule has 23 heavy (non-hydrogen) atoms. The Hall–Kier alpha value is -2.43. The van der Waals surface area contributed by atoms with Crippen LogP contribution in [0.2, 0.25) is 0 Å². The van der Waals surface area contributed by atoms with Crippen LogP contribution in [0.15, 0.2) is 36.7 Å². The Labute approximate surface area is 136 Å². The number of anilines is 2. The molecule has 1 saturated heterocycles. The van der Waals surface area contributed by atoms with E-state index in [-0.39, 0.29) is 11.8 Å². The average molecular weight is 310 g/mol. The third-order valence-corrected chi connectivity index (χ3v) is 4.28. The molecule has 0 saturated carbocycles. The lowest BCUT2D eigenvalue weighted by Gasteiger charge is -2.32. The topological polar surface area (TPSA) is 58.1 Å². The summed E-state index contributed by atoms with van der Waals surface area (Å²) in [5.41, 5.74) is 3.14. The summed E-state index contributed by atoms with van der Waals surface area (Å²) in [5.74, 6) is 0.753. The van der Waals surface area contributed by atoms with Gasteiger partial charge in [0.05, 0.1) is 5.92 Å². The first kappa shape index (κ1) is 15.5. The average Bonchev–Trinajstić information content (AvgIpc) is 2.59. The van der Waals surface area contributed by atoms with Gasteiger partial charge in [-0.05, 0) is 49.9 Å². The number of carbonyl (C=O) groups is 1. The molecule has 0 bridgehead atoms. The van der Waals surface area contributed by atoms with Crippen LogP contribution in [0, 0.1) is 19.8 Å². The van der Waals surface area contributed by atoms with Gasteiger partial charge in [-0.1, -0.05) is 12.1 Å². The fourth-order valence-corrected chi connectivity index (χ4v) is 2.93. The number of benzene rings is 1. The number of aromatic nitrogens is 2. The third kappa shape index (κ3) is 3.67. The van der Waals surface area contributed by atoms with Crippen LogP contribution in [-0.2, 0) is 4.79 Å². The van der Waals surface area contributed by atoms with Crippen LogP contribution in [0.1, 0.15) is 24.0 Å². The molecule has 1 N–H and O–H groups in total. The zero-order valence-electron chi connectivity index (χ0n) is 13.6. The predicted octanol–water partition coefficient (Wildman–Crippen LogP) is 2.95. The monoisotopic (exact) mass is 310 g/mol. The maximum Gasteiger partial charge on any atom is 0.229 e. The maximum atomic E-state index is 12.6. The summed E-state index contributed by atoms with van der Waals surface area (Å²) in [6.45, 7) is 5.61. The zero-order valence-corrected chi connectivity index (χ0v) is 13.6. The van der Waals surface area contributed by atoms with E-state index in [9.17, 15) is 4.79 Å². The number of hydrogen-bond acceptors (Lipinski definition) is 4. The van der Waals surface area contributed by atoms with Crippen LogP contribution in [0.5, 0.6) is 0 Å². The second-order valence-electron chi connectivity index (χ2n) is 6.14. The van der Waals surface area contributed by atoms with Crippen molar-refractivity contribution in [2.75, 3.05) is 23.3 Å². The van der Waals surface area contributed by atoms with Crippen molar-refractivity contribution in [1.82, 2.24) is 9.97 Å². The van der Waals surface area contributed by atoms with Gasteiger partial charge in [0.1, 0.15) is 0 Å². The number of carbonyl (C=O) groups excluding carboxylic acids is 1. The lowest BCUT2D eigenvalue weighted by Crippen LogP contribution is -2.41. The minimum Gasteiger partial charge on any atom is -0.340 e. The lowest BCUT2D eigenvalue weighted by molar-refractivity contribution is -0.120. The van der Waals surface area contributed by atoms with Crippen molar-refractivity contribution in [3.05, 3.63) is 47.8 Å². The zero-order chi connectivity index (χ0) is 16.2. The molecule has 3 rings (SSSR count). The number of aryl methyl sites for hydroxylation is 2. The Morgan fingerprint density at radius 1 is 1.26 bits per heavy atom. The fraction of sp³-hybridized carbons (Fsp3) is 0.389. The quantitative estimate of drug-likeness (QED) is 0.947. The molecule has 1 unspecified atom stereocenters. The van der Waals surface area contributed by atoms with Gasteiger partial charge in [0.2, 0.25) is 11.9 Å². The molecule has 0 aliphatic carbocycles. The summed E-state index contributed by atoms with van der Waals surface area (Å²) in [6.07, 6.45) is 5.35. The van der Waals surface area contributed by atoms with Gasteiger partial charge in [0.25, 0.3) is 0 Å². The molecular formula is C18H22N4O. The van der Waals surface area contributed by atoms with Crippen LogP contribution in [0.25, 0.3) is 0 Å². The summed E-state index contributed by atoms with van der Waals surface area (Å²) >= 11 is 0. The van der Waals surface area contributed by atoms with Crippen molar-refractivity contribution < 1.29 is 4.79 Å². The Morgan fingerprint density at radius 3 is 2.83 bits per heavy atom. The normalized spacial score (nSPS) is 17.8. The predicted molar refractivity (Wildman–Crippen MR) is 91.5 cm³/mol. The van der Waals surface area contributed by atoms with E-state index < -0.39 is 0 Å². The highest BCUT2D eigenvalue weighted by Crippen LogP contribution is 2.23. The van der Waals surface area contributed by atoms with Crippen LogP contribution in [0.3, 0.4) is 0 Å². The fourth-order valence-electron chi connectivity index (χ4n) is 2.93. The number of amides is 1. The SMILES string of the molecule is Cc1ccc(C)c(NC(=O)C2CCCN(c3ncccn3)C2)c1. The molecule has 5 heteroatoms. The van der Waals surface area contributed by atoms with E-state index in [0.29, 0.717) is 12.5 Å². The van der Waals surface area contributed by atoms with Gasteiger partial charge >= 0.3 is 0 Å². The van der Waals surface area contributed by atoms with Crippen LogP contribution >= 0.6 is 0 Å². The third-order valence-electron chi connectivity index (χ3n) is 4.28. The molecule has 5 nitrogen and oxygen atoms in total. The maximum absolute atomic E-state index is 12.6. The van der Waals surface area contributed by atoms with Gasteiger partial charge in [-0.3, -0.25) is 4.79 Å². The van der Waals surface area contributed by atoms with E-state index in [1.165, 1.54) is 0 Å². The van der Waals surface area contributed by atoms with E-state index in [1.807, 2.05) is 26.0 Å². The molecule has 1 aromatic carbocycles. The summed E-state index contributed by atoms with van der Waals surface area (Å²) in [5, 5.41) is 3.09. The standard InChI is InChI=1S/C18H22N4O/c1-13-6-7-14(2)16(11-13)21-17(23)15-5-3-10-22(12-15)18-19-8-4-9-20-18/h4,6-9,11,15H,3,5,10,12H2,1-2H3,(H,21,23). The second-order valence-corrected chi connectivity index (χ2v) is 6.14. The molecule has 1 aliphatic heterocycles. The second kappa shape index (κ2) is 6.77. The molecule has 1 aromatic heterocycles. The summed E-state index contributed by atoms with van der Waals surface area (Å²) in [7, 11) is 0. The van der Waals surface area contributed by atoms with E-state index in [0.717, 1.165) is 36.2 Å².